The van der Waals surface area contributed by atoms with Crippen LogP contribution in [0.5, 0.6) is 0 Å². The maximum atomic E-state index is 10.6. The summed E-state index contributed by atoms with van der Waals surface area (Å²) >= 11 is 0. The number of aliphatic hydroxyl groups excluding tert-OH is 2. The molecule has 98 valence electrons. The number of hydrogen-bond donors (Lipinski definition) is 3. The van der Waals surface area contributed by atoms with Crippen molar-refractivity contribution in [3.63, 3.8) is 0 Å². The molecule has 0 bridgehead atoms. The smallest absolute Gasteiger partial charge is 0.264 e. The van der Waals surface area contributed by atoms with E-state index in [0.29, 0.717) is 0 Å². The van der Waals surface area contributed by atoms with E-state index in [2.05, 4.69) is 9.50 Å². The highest BCUT2D eigenvalue weighted by atomic mass is 32.2. The average molecular weight is 255 g/mol. The van der Waals surface area contributed by atoms with Crippen molar-refractivity contribution >= 4 is 10.1 Å². The Morgan fingerprint density at radius 2 is 1.94 bits per heavy atom. The quantitative estimate of drug-likeness (QED) is 0.364. The first-order valence-electron chi connectivity index (χ1n) is 5.28. The van der Waals surface area contributed by atoms with E-state index in [1.807, 2.05) is 6.92 Å². The molecule has 0 heterocycles. The molecule has 0 aliphatic heterocycles. The molecule has 3 N–H and O–H groups in total. The molecule has 7 heteroatoms. The Kier molecular flexibility index (Phi) is 7.86. The lowest BCUT2D eigenvalue weighted by molar-refractivity contribution is -0.00506. The van der Waals surface area contributed by atoms with Crippen LogP contribution in [0, 0.1) is 0 Å². The van der Waals surface area contributed by atoms with E-state index in [-0.39, 0.29) is 6.54 Å². The second kappa shape index (κ2) is 7.97. The fourth-order valence-corrected chi connectivity index (χ4v) is 1.38. The molecule has 0 fully saturated rings. The number of nitrogens with one attached hydrogen (secondary N) is 1. The van der Waals surface area contributed by atoms with E-state index in [1.54, 1.807) is 0 Å². The van der Waals surface area contributed by atoms with Crippen LogP contribution < -0.4 is 5.32 Å². The Balaban J connectivity index is 3.69. The van der Waals surface area contributed by atoms with E-state index in [9.17, 15) is 18.6 Å². The summed E-state index contributed by atoms with van der Waals surface area (Å²) in [5.74, 6) is 0. The van der Waals surface area contributed by atoms with Gasteiger partial charge in [0.25, 0.3) is 10.1 Å². The predicted molar refractivity (Wildman–Crippen MR) is 60.6 cm³/mol. The maximum Gasteiger partial charge on any atom is 0.264 e. The Bertz CT molecular complexity index is 267. The largest absolute Gasteiger partial charge is 0.389 e. The topological polar surface area (TPSA) is 95.9 Å². The molecule has 0 radical (unpaired) electrons. The van der Waals surface area contributed by atoms with Gasteiger partial charge in [0.15, 0.2) is 0 Å². The molecule has 6 nitrogen and oxygen atoms in total. The van der Waals surface area contributed by atoms with Gasteiger partial charge in [0.2, 0.25) is 0 Å². The first kappa shape index (κ1) is 15.8. The third-order valence-corrected chi connectivity index (χ3v) is 2.52. The van der Waals surface area contributed by atoms with Gasteiger partial charge in [0, 0.05) is 6.54 Å². The van der Waals surface area contributed by atoms with Crippen LogP contribution in [0.2, 0.25) is 0 Å². The number of unbranched alkanes of at least 4 members (excludes halogenated alkanes) is 1. The van der Waals surface area contributed by atoms with Gasteiger partial charge in [-0.3, -0.25) is 4.18 Å². The first-order chi connectivity index (χ1) is 7.37. The van der Waals surface area contributed by atoms with E-state index >= 15 is 0 Å². The average Bonchev–Trinajstić information content (AvgIpc) is 2.19. The molecule has 0 saturated carbocycles. The molecule has 0 unspecified atom stereocenters. The van der Waals surface area contributed by atoms with E-state index < -0.39 is 28.9 Å². The van der Waals surface area contributed by atoms with Gasteiger partial charge in [-0.15, -0.1) is 0 Å². The van der Waals surface area contributed by atoms with E-state index in [4.69, 9.17) is 0 Å². The van der Waals surface area contributed by atoms with Crippen LogP contribution in [0.15, 0.2) is 0 Å². The molecule has 0 rings (SSSR count). The zero-order valence-corrected chi connectivity index (χ0v) is 10.5. The van der Waals surface area contributed by atoms with Gasteiger partial charge >= 0.3 is 0 Å². The third-order valence-electron chi connectivity index (χ3n) is 1.96. The monoisotopic (exact) mass is 255 g/mol. The molecule has 0 aromatic rings. The Morgan fingerprint density at radius 3 is 2.44 bits per heavy atom. The molecule has 0 aromatic heterocycles. The van der Waals surface area contributed by atoms with Gasteiger partial charge in [-0.1, -0.05) is 13.3 Å². The molecule has 0 saturated heterocycles. The van der Waals surface area contributed by atoms with Crippen molar-refractivity contribution in [2.45, 2.75) is 32.0 Å². The van der Waals surface area contributed by atoms with Crippen molar-refractivity contribution in [2.24, 2.45) is 0 Å². The molecule has 0 amide bonds. The normalized spacial score (nSPS) is 16.0. The number of rotatable bonds is 9. The van der Waals surface area contributed by atoms with Gasteiger partial charge in [-0.25, -0.2) is 0 Å². The fourth-order valence-electron chi connectivity index (χ4n) is 0.992. The molecule has 0 aliphatic carbocycles. The summed E-state index contributed by atoms with van der Waals surface area (Å²) in [4.78, 5) is 0. The second-order valence-electron chi connectivity index (χ2n) is 3.68. The predicted octanol–water partition coefficient (Wildman–Crippen LogP) is -0.926. The molecule has 2 atom stereocenters. The molecular formula is C9H21NO5S. The van der Waals surface area contributed by atoms with Crippen LogP contribution in [0.3, 0.4) is 0 Å². The summed E-state index contributed by atoms with van der Waals surface area (Å²) in [5, 5.41) is 21.7. The summed E-state index contributed by atoms with van der Waals surface area (Å²) in [6.07, 6.45) is 0.694. The summed E-state index contributed by atoms with van der Waals surface area (Å²) in [5.41, 5.74) is 0. The fraction of sp³-hybridized carbons (Fsp3) is 1.00. The van der Waals surface area contributed by atoms with Crippen molar-refractivity contribution in [1.82, 2.24) is 5.32 Å². The lowest BCUT2D eigenvalue weighted by atomic mass is 10.2. The third kappa shape index (κ3) is 9.05. The standard InChI is InChI=1S/C9H21NO5S/c1-3-4-5-10-6-8(11)9(12)7-15-16(2,13)14/h8-12H,3-7H2,1-2H3/t8-,9-/m0/s1. The van der Waals surface area contributed by atoms with Crippen molar-refractivity contribution in [3.05, 3.63) is 0 Å². The van der Waals surface area contributed by atoms with Crippen molar-refractivity contribution < 1.29 is 22.8 Å². The van der Waals surface area contributed by atoms with E-state index in [1.165, 1.54) is 0 Å². The lowest BCUT2D eigenvalue weighted by Gasteiger charge is -2.17. The minimum atomic E-state index is -3.57. The van der Waals surface area contributed by atoms with Crippen molar-refractivity contribution in [3.8, 4) is 0 Å². The van der Waals surface area contributed by atoms with Crippen molar-refractivity contribution in [1.29, 1.82) is 0 Å². The van der Waals surface area contributed by atoms with Gasteiger partial charge < -0.3 is 15.5 Å². The minimum Gasteiger partial charge on any atom is -0.389 e. The van der Waals surface area contributed by atoms with Crippen LogP contribution >= 0.6 is 0 Å². The highest BCUT2D eigenvalue weighted by molar-refractivity contribution is 7.85. The molecule has 0 aliphatic rings. The van der Waals surface area contributed by atoms with E-state index in [0.717, 1.165) is 25.6 Å². The summed E-state index contributed by atoms with van der Waals surface area (Å²) in [7, 11) is -3.57. The molecule has 16 heavy (non-hydrogen) atoms. The highest BCUT2D eigenvalue weighted by Gasteiger charge is 2.18. The molecule has 0 spiro atoms. The summed E-state index contributed by atoms with van der Waals surface area (Å²) < 4.78 is 25.6. The molecule has 0 aromatic carbocycles. The zero-order chi connectivity index (χ0) is 12.6. The van der Waals surface area contributed by atoms with Crippen LogP contribution in [0.4, 0.5) is 0 Å². The van der Waals surface area contributed by atoms with Crippen LogP contribution in [-0.4, -0.2) is 56.8 Å². The Labute approximate surface area is 96.7 Å². The SMILES string of the molecule is CCCCNC[C@H](O)[C@@H](O)COS(C)(=O)=O. The van der Waals surface area contributed by atoms with Gasteiger partial charge in [-0.05, 0) is 13.0 Å². The van der Waals surface area contributed by atoms with Crippen LogP contribution in [0.1, 0.15) is 19.8 Å². The molecular weight excluding hydrogens is 234 g/mol. The lowest BCUT2D eigenvalue weighted by Crippen LogP contribution is -2.39. The minimum absolute atomic E-state index is 0.217. The second-order valence-corrected chi connectivity index (χ2v) is 5.32. The maximum absolute atomic E-state index is 10.6. The number of aliphatic hydroxyl groups is 2. The Hall–Kier alpha value is -0.210. The van der Waals surface area contributed by atoms with Crippen molar-refractivity contribution in [2.75, 3.05) is 26.0 Å². The van der Waals surface area contributed by atoms with Crippen LogP contribution in [0.25, 0.3) is 0 Å². The van der Waals surface area contributed by atoms with Crippen LogP contribution in [-0.2, 0) is 14.3 Å². The van der Waals surface area contributed by atoms with Gasteiger partial charge in [0.1, 0.15) is 6.10 Å². The zero-order valence-electron chi connectivity index (χ0n) is 9.72. The number of hydrogen-bond acceptors (Lipinski definition) is 6. The van der Waals surface area contributed by atoms with Gasteiger partial charge in [0.05, 0.1) is 19.0 Å². The summed E-state index contributed by atoms with van der Waals surface area (Å²) in [6.45, 7) is 2.60. The van der Waals surface area contributed by atoms with Gasteiger partial charge in [-0.2, -0.15) is 8.42 Å². The first-order valence-corrected chi connectivity index (χ1v) is 7.09. The Morgan fingerprint density at radius 1 is 1.31 bits per heavy atom. The summed E-state index contributed by atoms with van der Waals surface area (Å²) in [6, 6.07) is 0. The highest BCUT2D eigenvalue weighted by Crippen LogP contribution is 1.97.